The van der Waals surface area contributed by atoms with Gasteiger partial charge in [0.15, 0.2) is 0 Å². The van der Waals surface area contributed by atoms with E-state index < -0.39 is 0 Å². The number of rotatable bonds is 7. The van der Waals surface area contributed by atoms with E-state index in [1.165, 1.54) is 11.1 Å². The first-order chi connectivity index (χ1) is 9.81. The molecule has 2 aromatic carbocycles. The minimum Gasteiger partial charge on any atom is -0.487 e. The van der Waals surface area contributed by atoms with Crippen molar-refractivity contribution in [2.75, 3.05) is 13.1 Å². The Hall–Kier alpha value is -1.51. The molecule has 2 aromatic rings. The summed E-state index contributed by atoms with van der Waals surface area (Å²) in [5, 5.41) is 4.00. The molecule has 0 spiro atoms. The summed E-state index contributed by atoms with van der Waals surface area (Å²) < 4.78 is 5.82. The van der Waals surface area contributed by atoms with Gasteiger partial charge in [-0.1, -0.05) is 54.9 Å². The van der Waals surface area contributed by atoms with Gasteiger partial charge in [-0.15, -0.1) is 0 Å². The molecule has 1 N–H and O–H groups in total. The van der Waals surface area contributed by atoms with E-state index >= 15 is 0 Å². The number of ether oxygens (including phenoxy) is 1. The second-order valence-corrected chi connectivity index (χ2v) is 5.00. The van der Waals surface area contributed by atoms with Gasteiger partial charge in [0, 0.05) is 0 Å². The smallest absolute Gasteiger partial charge is 0.138 e. The van der Waals surface area contributed by atoms with Crippen molar-refractivity contribution < 1.29 is 4.74 Å². The lowest BCUT2D eigenvalue weighted by atomic mass is 10.1. The molecule has 0 radical (unpaired) electrons. The first-order valence-electron chi connectivity index (χ1n) is 6.96. The zero-order valence-corrected chi connectivity index (χ0v) is 12.5. The van der Waals surface area contributed by atoms with Crippen LogP contribution in [0.2, 0.25) is 5.02 Å². The molecule has 0 amide bonds. The zero-order valence-electron chi connectivity index (χ0n) is 11.7. The van der Waals surface area contributed by atoms with Gasteiger partial charge in [0.1, 0.15) is 12.4 Å². The summed E-state index contributed by atoms with van der Waals surface area (Å²) in [5.74, 6) is 0.732. The number of likely N-dealkylation sites (N-methyl/N-ethyl adjacent to an activating group) is 1. The quantitative estimate of drug-likeness (QED) is 0.776. The van der Waals surface area contributed by atoms with Crippen LogP contribution in [-0.2, 0) is 13.0 Å². The van der Waals surface area contributed by atoms with Gasteiger partial charge in [0.05, 0.1) is 5.02 Å². The minimum atomic E-state index is 0.548. The van der Waals surface area contributed by atoms with E-state index in [1.54, 1.807) is 0 Å². The number of nitrogens with one attached hydrogen (secondary N) is 1. The lowest BCUT2D eigenvalue weighted by Crippen LogP contribution is -2.17. The summed E-state index contributed by atoms with van der Waals surface area (Å²) in [5.41, 5.74) is 2.53. The van der Waals surface area contributed by atoms with E-state index in [9.17, 15) is 0 Å². The summed E-state index contributed by atoms with van der Waals surface area (Å²) in [6.07, 6.45) is 1.01. The maximum absolute atomic E-state index is 6.10. The van der Waals surface area contributed by atoms with E-state index in [0.717, 1.165) is 25.3 Å². The Balaban J connectivity index is 2.00. The molecular weight excluding hydrogens is 270 g/mol. The molecule has 20 heavy (non-hydrogen) atoms. The van der Waals surface area contributed by atoms with Gasteiger partial charge < -0.3 is 10.1 Å². The maximum atomic E-state index is 6.10. The van der Waals surface area contributed by atoms with Crippen molar-refractivity contribution >= 4 is 11.6 Å². The second-order valence-electron chi connectivity index (χ2n) is 4.59. The Morgan fingerprint density at radius 2 is 1.70 bits per heavy atom. The van der Waals surface area contributed by atoms with E-state index in [2.05, 4.69) is 30.4 Å². The molecule has 0 saturated carbocycles. The van der Waals surface area contributed by atoms with Crippen molar-refractivity contribution in [3.8, 4) is 5.75 Å². The number of hydrogen-bond acceptors (Lipinski definition) is 2. The van der Waals surface area contributed by atoms with Crippen molar-refractivity contribution in [3.63, 3.8) is 0 Å². The fourth-order valence-corrected chi connectivity index (χ4v) is 2.25. The molecule has 0 aliphatic heterocycles. The third kappa shape index (κ3) is 4.26. The number of benzene rings is 2. The van der Waals surface area contributed by atoms with Crippen LogP contribution in [0.3, 0.4) is 0 Å². The Kier molecular flexibility index (Phi) is 5.90. The topological polar surface area (TPSA) is 21.3 Å². The molecule has 0 unspecified atom stereocenters. The van der Waals surface area contributed by atoms with Crippen LogP contribution >= 0.6 is 11.6 Å². The molecule has 0 fully saturated rings. The van der Waals surface area contributed by atoms with Gasteiger partial charge >= 0.3 is 0 Å². The van der Waals surface area contributed by atoms with Crippen molar-refractivity contribution in [2.45, 2.75) is 20.0 Å². The Bertz CT molecular complexity index is 542. The molecule has 0 aliphatic carbocycles. The van der Waals surface area contributed by atoms with Crippen LogP contribution in [0.4, 0.5) is 0 Å². The average Bonchev–Trinajstić information content (AvgIpc) is 2.48. The molecule has 3 heteroatoms. The molecular formula is C17H20ClNO. The van der Waals surface area contributed by atoms with E-state index in [0.29, 0.717) is 11.6 Å². The van der Waals surface area contributed by atoms with Crippen LogP contribution in [0.1, 0.15) is 18.1 Å². The average molecular weight is 290 g/mol. The van der Waals surface area contributed by atoms with E-state index in [-0.39, 0.29) is 0 Å². The largest absolute Gasteiger partial charge is 0.487 e. The molecule has 0 atom stereocenters. The zero-order chi connectivity index (χ0) is 14.2. The van der Waals surface area contributed by atoms with E-state index in [1.807, 2.05) is 30.3 Å². The summed E-state index contributed by atoms with van der Waals surface area (Å²) in [6, 6.07) is 15.9. The van der Waals surface area contributed by atoms with Crippen molar-refractivity contribution in [3.05, 3.63) is 64.7 Å². The number of para-hydroxylation sites is 1. The molecule has 0 aliphatic rings. The summed E-state index contributed by atoms with van der Waals surface area (Å²) in [4.78, 5) is 0. The van der Waals surface area contributed by atoms with Gasteiger partial charge in [0.25, 0.3) is 0 Å². The van der Waals surface area contributed by atoms with Crippen LogP contribution in [0.25, 0.3) is 0 Å². The van der Waals surface area contributed by atoms with Crippen LogP contribution in [0, 0.1) is 0 Å². The van der Waals surface area contributed by atoms with Gasteiger partial charge in [-0.3, -0.25) is 0 Å². The van der Waals surface area contributed by atoms with Crippen molar-refractivity contribution in [2.24, 2.45) is 0 Å². The summed E-state index contributed by atoms with van der Waals surface area (Å²) >= 11 is 6.10. The van der Waals surface area contributed by atoms with Gasteiger partial charge in [-0.25, -0.2) is 0 Å². The fraction of sp³-hybridized carbons (Fsp3) is 0.294. The SMILES string of the molecule is CCNCCc1ccccc1COc1ccccc1Cl. The highest BCUT2D eigenvalue weighted by Crippen LogP contribution is 2.24. The molecule has 2 nitrogen and oxygen atoms in total. The Morgan fingerprint density at radius 3 is 2.45 bits per heavy atom. The standard InChI is InChI=1S/C17H20ClNO/c1-2-19-12-11-14-7-3-4-8-15(14)13-20-17-10-6-5-9-16(17)18/h3-10,19H,2,11-13H2,1H3. The molecule has 0 saturated heterocycles. The molecule has 0 heterocycles. The maximum Gasteiger partial charge on any atom is 0.138 e. The monoisotopic (exact) mass is 289 g/mol. The van der Waals surface area contributed by atoms with Gasteiger partial charge in [-0.2, -0.15) is 0 Å². The minimum absolute atomic E-state index is 0.548. The predicted octanol–water partition coefficient (Wildman–Crippen LogP) is 4.07. The Morgan fingerprint density at radius 1 is 1.00 bits per heavy atom. The number of halogens is 1. The number of hydrogen-bond donors (Lipinski definition) is 1. The second kappa shape index (κ2) is 7.93. The molecule has 0 aromatic heterocycles. The predicted molar refractivity (Wildman–Crippen MR) is 84.5 cm³/mol. The highest BCUT2D eigenvalue weighted by Gasteiger charge is 2.04. The molecule has 106 valence electrons. The van der Waals surface area contributed by atoms with Crippen LogP contribution in [-0.4, -0.2) is 13.1 Å². The van der Waals surface area contributed by atoms with E-state index in [4.69, 9.17) is 16.3 Å². The van der Waals surface area contributed by atoms with Crippen LogP contribution in [0.15, 0.2) is 48.5 Å². The highest BCUT2D eigenvalue weighted by molar-refractivity contribution is 6.32. The van der Waals surface area contributed by atoms with Gasteiger partial charge in [-0.05, 0) is 42.8 Å². The first kappa shape index (κ1) is 14.9. The molecule has 0 bridgehead atoms. The van der Waals surface area contributed by atoms with Crippen molar-refractivity contribution in [1.82, 2.24) is 5.32 Å². The first-order valence-corrected chi connectivity index (χ1v) is 7.34. The lowest BCUT2D eigenvalue weighted by molar-refractivity contribution is 0.305. The lowest BCUT2D eigenvalue weighted by Gasteiger charge is -2.12. The van der Waals surface area contributed by atoms with Gasteiger partial charge in [0.2, 0.25) is 0 Å². The highest BCUT2D eigenvalue weighted by atomic mass is 35.5. The normalized spacial score (nSPS) is 10.5. The third-order valence-electron chi connectivity index (χ3n) is 3.16. The van der Waals surface area contributed by atoms with Crippen LogP contribution in [0.5, 0.6) is 5.75 Å². The third-order valence-corrected chi connectivity index (χ3v) is 3.47. The molecule has 2 rings (SSSR count). The van der Waals surface area contributed by atoms with Crippen LogP contribution < -0.4 is 10.1 Å². The van der Waals surface area contributed by atoms with Crippen molar-refractivity contribution in [1.29, 1.82) is 0 Å². The summed E-state index contributed by atoms with van der Waals surface area (Å²) in [7, 11) is 0. The fourth-order valence-electron chi connectivity index (χ4n) is 2.06. The summed E-state index contributed by atoms with van der Waals surface area (Å²) in [6.45, 7) is 4.65. The Labute approximate surface area is 125 Å².